The van der Waals surface area contributed by atoms with E-state index in [2.05, 4.69) is 19.1 Å². The molecule has 0 amide bonds. The summed E-state index contributed by atoms with van der Waals surface area (Å²) in [7, 11) is 0. The van der Waals surface area contributed by atoms with Crippen molar-refractivity contribution < 1.29 is 0 Å². The van der Waals surface area contributed by atoms with Gasteiger partial charge in [0.1, 0.15) is 0 Å². The van der Waals surface area contributed by atoms with Gasteiger partial charge in [-0.1, -0.05) is 38.4 Å². The Hall–Kier alpha value is -0.220. The first-order valence-corrected chi connectivity index (χ1v) is 6.01. The van der Waals surface area contributed by atoms with Gasteiger partial charge in [-0.15, -0.1) is 0 Å². The zero-order valence-electron chi connectivity index (χ0n) is 5.59. The first-order chi connectivity index (χ1) is 5.38. The molecule has 1 aromatic rings. The Labute approximate surface area is 79.2 Å². The molecule has 0 fully saturated rings. The lowest BCUT2D eigenvalue weighted by Crippen LogP contribution is -2.29. The summed E-state index contributed by atoms with van der Waals surface area (Å²) in [5, 5.41) is 2.93. The van der Waals surface area contributed by atoms with E-state index in [0.29, 0.717) is 0 Å². The number of hydrogen-bond donors (Lipinski definition) is 0. The van der Waals surface area contributed by atoms with Crippen LogP contribution in [0.3, 0.4) is 0 Å². The summed E-state index contributed by atoms with van der Waals surface area (Å²) in [4.78, 5) is 4.19. The average molecular weight is 277 g/mol. The van der Waals surface area contributed by atoms with Crippen LogP contribution >= 0.6 is 32.3 Å². The van der Waals surface area contributed by atoms with E-state index in [1.165, 1.54) is 5.22 Å². The molecule has 1 nitrogen and oxygen atoms in total. The van der Waals surface area contributed by atoms with Crippen LogP contribution in [0.25, 0.3) is 9.12 Å². The van der Waals surface area contributed by atoms with Gasteiger partial charge in [0.2, 0.25) is 0 Å². The van der Waals surface area contributed by atoms with Gasteiger partial charge in [-0.25, -0.2) is 0 Å². The van der Waals surface area contributed by atoms with E-state index in [4.69, 9.17) is 11.6 Å². The highest BCUT2D eigenvalue weighted by molar-refractivity contribution is 14.2. The van der Waals surface area contributed by atoms with E-state index < -0.39 is 0 Å². The molecule has 0 bridgehead atoms. The SMILES string of the molecule is ClC1=c2ncccc2=CI=C1. The molecule has 0 aromatic carbocycles. The lowest BCUT2D eigenvalue weighted by atomic mass is 10.3. The summed E-state index contributed by atoms with van der Waals surface area (Å²) in [5.41, 5.74) is 0. The van der Waals surface area contributed by atoms with Crippen LogP contribution in [0, 0.1) is 0 Å². The number of aromatic nitrogens is 1. The van der Waals surface area contributed by atoms with E-state index in [0.717, 1.165) is 10.4 Å². The van der Waals surface area contributed by atoms with Crippen LogP contribution in [0.2, 0.25) is 0 Å². The van der Waals surface area contributed by atoms with Crippen LogP contribution in [0.1, 0.15) is 0 Å². The van der Waals surface area contributed by atoms with Crippen molar-refractivity contribution in [3.05, 3.63) is 28.9 Å². The fourth-order valence-corrected chi connectivity index (χ4v) is 3.07. The Morgan fingerprint density at radius 1 is 1.45 bits per heavy atom. The Morgan fingerprint density at radius 3 is 3.18 bits per heavy atom. The molecule has 0 aliphatic carbocycles. The molecule has 56 valence electrons. The highest BCUT2D eigenvalue weighted by Crippen LogP contribution is 2.06. The molecular formula is C8H5ClIN. The Kier molecular flexibility index (Phi) is 2.05. The second-order valence-corrected chi connectivity index (χ2v) is 4.51. The number of pyridine rings is 1. The molecule has 2 heterocycles. The van der Waals surface area contributed by atoms with Crippen molar-refractivity contribution in [3.63, 3.8) is 0 Å². The third-order valence-corrected chi connectivity index (χ3v) is 4.07. The molecule has 2 rings (SSSR count). The van der Waals surface area contributed by atoms with Crippen molar-refractivity contribution >= 4 is 45.5 Å². The minimum atomic E-state index is 0.0265. The Morgan fingerprint density at radius 2 is 2.36 bits per heavy atom. The van der Waals surface area contributed by atoms with Gasteiger partial charge in [-0.2, -0.15) is 0 Å². The molecule has 1 aromatic heterocycles. The van der Waals surface area contributed by atoms with Crippen molar-refractivity contribution in [1.29, 1.82) is 0 Å². The predicted molar refractivity (Wildman–Crippen MR) is 57.3 cm³/mol. The van der Waals surface area contributed by atoms with E-state index in [9.17, 15) is 0 Å². The number of hydrogen-bond acceptors (Lipinski definition) is 1. The summed E-state index contributed by atoms with van der Waals surface area (Å²) in [6.45, 7) is 0. The summed E-state index contributed by atoms with van der Waals surface area (Å²) in [5.74, 6) is 0. The molecule has 0 N–H and O–H groups in total. The van der Waals surface area contributed by atoms with Gasteiger partial charge >= 0.3 is 0 Å². The lowest BCUT2D eigenvalue weighted by molar-refractivity contribution is 1.22. The molecule has 0 spiro atoms. The number of nitrogens with zero attached hydrogens (tertiary/aromatic N) is 1. The predicted octanol–water partition coefficient (Wildman–Crippen LogP) is 0.953. The highest BCUT2D eigenvalue weighted by Gasteiger charge is 1.95. The van der Waals surface area contributed by atoms with Crippen molar-refractivity contribution in [1.82, 2.24) is 4.98 Å². The minimum absolute atomic E-state index is 0.0265. The van der Waals surface area contributed by atoms with Crippen molar-refractivity contribution in [2.75, 3.05) is 0 Å². The van der Waals surface area contributed by atoms with Gasteiger partial charge in [-0.05, 0) is 14.2 Å². The van der Waals surface area contributed by atoms with Gasteiger partial charge in [0, 0.05) is 11.4 Å². The monoisotopic (exact) mass is 277 g/mol. The third kappa shape index (κ3) is 1.37. The largest absolute Gasteiger partial charge is 0.255 e. The summed E-state index contributed by atoms with van der Waals surface area (Å²) in [6, 6.07) is 3.99. The van der Waals surface area contributed by atoms with Gasteiger partial charge in [0.05, 0.1) is 10.4 Å². The van der Waals surface area contributed by atoms with Crippen LogP contribution in [-0.2, 0) is 0 Å². The average Bonchev–Trinajstić information content (AvgIpc) is 2.06. The van der Waals surface area contributed by atoms with Crippen LogP contribution < -0.4 is 10.6 Å². The topological polar surface area (TPSA) is 12.9 Å². The number of halogens is 2. The van der Waals surface area contributed by atoms with E-state index >= 15 is 0 Å². The van der Waals surface area contributed by atoms with Gasteiger partial charge in [0.25, 0.3) is 0 Å². The molecule has 1 aliphatic rings. The van der Waals surface area contributed by atoms with Crippen LogP contribution in [0.5, 0.6) is 0 Å². The summed E-state index contributed by atoms with van der Waals surface area (Å²) in [6.07, 6.45) is 1.77. The second-order valence-electron chi connectivity index (χ2n) is 2.13. The smallest absolute Gasteiger partial charge is 0.0896 e. The second kappa shape index (κ2) is 3.03. The number of rotatable bonds is 0. The van der Waals surface area contributed by atoms with Crippen molar-refractivity contribution in [2.45, 2.75) is 0 Å². The number of fused-ring (bicyclic) bond motifs is 1. The molecular weight excluding hydrogens is 272 g/mol. The van der Waals surface area contributed by atoms with E-state index in [1.807, 2.05) is 6.07 Å². The molecule has 0 saturated heterocycles. The molecule has 0 atom stereocenters. The van der Waals surface area contributed by atoms with Gasteiger partial charge < -0.3 is 0 Å². The van der Waals surface area contributed by atoms with Gasteiger partial charge in [-0.3, -0.25) is 4.98 Å². The summed E-state index contributed by atoms with van der Waals surface area (Å²) < 4.78 is 4.31. The maximum Gasteiger partial charge on any atom is 0.0896 e. The van der Waals surface area contributed by atoms with E-state index in [-0.39, 0.29) is 20.7 Å². The Bertz CT molecular complexity index is 422. The highest BCUT2D eigenvalue weighted by atomic mass is 127. The van der Waals surface area contributed by atoms with Crippen LogP contribution in [0.4, 0.5) is 0 Å². The summed E-state index contributed by atoms with van der Waals surface area (Å²) >= 11 is 5.98. The first kappa shape index (κ1) is 7.43. The molecule has 0 radical (unpaired) electrons. The van der Waals surface area contributed by atoms with E-state index in [1.54, 1.807) is 6.20 Å². The fourth-order valence-electron chi connectivity index (χ4n) is 0.912. The fraction of sp³-hybridized carbons (Fsp3) is 0. The molecule has 11 heavy (non-hydrogen) atoms. The molecule has 3 heteroatoms. The van der Waals surface area contributed by atoms with Crippen LogP contribution in [0.15, 0.2) is 18.3 Å². The van der Waals surface area contributed by atoms with Crippen LogP contribution in [-0.4, -0.2) is 9.00 Å². The maximum atomic E-state index is 5.95. The van der Waals surface area contributed by atoms with Crippen molar-refractivity contribution in [3.8, 4) is 0 Å². The Balaban J connectivity index is 2.97. The molecule has 0 unspecified atom stereocenters. The quantitative estimate of drug-likeness (QED) is 0.644. The first-order valence-electron chi connectivity index (χ1n) is 3.14. The third-order valence-electron chi connectivity index (χ3n) is 1.40. The standard InChI is InChI=1S/C8H5ClIN/c9-7-5-10-4-6-2-1-3-11-8(6)7/h1-5H. The zero-order valence-corrected chi connectivity index (χ0v) is 8.50. The molecule has 1 aliphatic heterocycles. The maximum absolute atomic E-state index is 5.95. The zero-order chi connectivity index (χ0) is 7.68. The van der Waals surface area contributed by atoms with Crippen molar-refractivity contribution in [2.24, 2.45) is 0 Å². The van der Waals surface area contributed by atoms with Gasteiger partial charge in [0.15, 0.2) is 0 Å². The lowest BCUT2D eigenvalue weighted by Gasteiger charge is -1.94. The molecule has 0 saturated carbocycles. The minimum Gasteiger partial charge on any atom is -0.255 e. The normalized spacial score (nSPS) is 14.8.